The van der Waals surface area contributed by atoms with Gasteiger partial charge in [0, 0.05) is 57.4 Å². The number of nitrogens with zero attached hydrogens (tertiary/aromatic N) is 3. The van der Waals surface area contributed by atoms with Gasteiger partial charge in [0.05, 0.1) is 0 Å². The molecule has 0 N–H and O–H groups in total. The number of piperazine rings is 1. The Labute approximate surface area is 171 Å². The third-order valence-electron chi connectivity index (χ3n) is 5.27. The predicted molar refractivity (Wildman–Crippen MR) is 114 cm³/mol. The zero-order valence-electron chi connectivity index (χ0n) is 17.3. The van der Waals surface area contributed by atoms with E-state index in [1.54, 1.807) is 17.0 Å². The van der Waals surface area contributed by atoms with Crippen molar-refractivity contribution in [2.45, 2.75) is 27.2 Å². The molecule has 3 rings (SSSR count). The van der Waals surface area contributed by atoms with Gasteiger partial charge in [0.1, 0.15) is 5.82 Å². The van der Waals surface area contributed by atoms with E-state index in [0.717, 1.165) is 22.5 Å². The molecule has 5 nitrogen and oxygen atoms in total. The second kappa shape index (κ2) is 9.07. The van der Waals surface area contributed by atoms with Crippen molar-refractivity contribution in [3.8, 4) is 0 Å². The summed E-state index contributed by atoms with van der Waals surface area (Å²) in [5, 5.41) is 0. The molecular formula is C23H28FN3O2. The maximum absolute atomic E-state index is 13.1. The molecule has 1 aliphatic heterocycles. The lowest BCUT2D eigenvalue weighted by molar-refractivity contribution is -0.131. The van der Waals surface area contributed by atoms with Crippen molar-refractivity contribution >= 4 is 23.2 Å². The molecule has 1 fully saturated rings. The standard InChI is InChI=1S/C23H28FN3O2/c1-17-14-18(2)16-22(15-17)27(19(3)28)9-8-23(29)26-12-10-25(11-13-26)21-6-4-20(24)5-7-21/h4-7,14-16H,8-13H2,1-3H3. The molecule has 154 valence electrons. The Morgan fingerprint density at radius 1 is 0.966 bits per heavy atom. The van der Waals surface area contributed by atoms with Crippen LogP contribution < -0.4 is 9.80 Å². The number of anilines is 2. The van der Waals surface area contributed by atoms with Crippen LogP contribution in [0.15, 0.2) is 42.5 Å². The van der Waals surface area contributed by atoms with Gasteiger partial charge in [-0.05, 0) is 61.4 Å². The smallest absolute Gasteiger partial charge is 0.224 e. The van der Waals surface area contributed by atoms with E-state index >= 15 is 0 Å². The molecule has 0 radical (unpaired) electrons. The van der Waals surface area contributed by atoms with E-state index in [1.165, 1.54) is 19.1 Å². The molecule has 0 aliphatic carbocycles. The van der Waals surface area contributed by atoms with E-state index < -0.39 is 0 Å². The third kappa shape index (κ3) is 5.34. The molecule has 0 saturated carbocycles. The molecule has 1 heterocycles. The average molecular weight is 397 g/mol. The molecule has 0 atom stereocenters. The highest BCUT2D eigenvalue weighted by Gasteiger charge is 2.22. The van der Waals surface area contributed by atoms with Crippen molar-refractivity contribution in [2.75, 3.05) is 42.5 Å². The highest BCUT2D eigenvalue weighted by Crippen LogP contribution is 2.20. The van der Waals surface area contributed by atoms with E-state index in [2.05, 4.69) is 11.0 Å². The second-order valence-electron chi connectivity index (χ2n) is 7.61. The minimum Gasteiger partial charge on any atom is -0.368 e. The summed E-state index contributed by atoms with van der Waals surface area (Å²) in [4.78, 5) is 30.5. The molecule has 0 aromatic heterocycles. The lowest BCUT2D eigenvalue weighted by Gasteiger charge is -2.36. The quantitative estimate of drug-likeness (QED) is 0.775. The third-order valence-corrected chi connectivity index (χ3v) is 5.27. The fourth-order valence-corrected chi connectivity index (χ4v) is 3.81. The number of halogens is 1. The van der Waals surface area contributed by atoms with Crippen molar-refractivity contribution in [1.29, 1.82) is 0 Å². The molecule has 2 aromatic carbocycles. The zero-order valence-corrected chi connectivity index (χ0v) is 17.3. The molecule has 2 amide bonds. The van der Waals surface area contributed by atoms with Gasteiger partial charge in [0.2, 0.25) is 11.8 Å². The Hall–Kier alpha value is -2.89. The number of hydrogen-bond donors (Lipinski definition) is 0. The molecule has 0 bridgehead atoms. The van der Waals surface area contributed by atoms with Crippen LogP contribution >= 0.6 is 0 Å². The second-order valence-corrected chi connectivity index (χ2v) is 7.61. The summed E-state index contributed by atoms with van der Waals surface area (Å²) in [5.41, 5.74) is 3.99. The number of aryl methyl sites for hydroxylation is 2. The number of carbonyl (C=O) groups excluding carboxylic acids is 2. The topological polar surface area (TPSA) is 43.9 Å². The highest BCUT2D eigenvalue weighted by molar-refractivity contribution is 5.92. The van der Waals surface area contributed by atoms with Crippen LogP contribution in [0.5, 0.6) is 0 Å². The van der Waals surface area contributed by atoms with Crippen LogP contribution in [-0.2, 0) is 9.59 Å². The van der Waals surface area contributed by atoms with E-state index in [-0.39, 0.29) is 17.6 Å². The van der Waals surface area contributed by atoms with Crippen LogP contribution in [0.3, 0.4) is 0 Å². The van der Waals surface area contributed by atoms with Gasteiger partial charge < -0.3 is 14.7 Å². The van der Waals surface area contributed by atoms with Crippen molar-refractivity contribution < 1.29 is 14.0 Å². The first-order valence-electron chi connectivity index (χ1n) is 9.98. The Morgan fingerprint density at radius 2 is 1.55 bits per heavy atom. The Kier molecular flexibility index (Phi) is 6.52. The highest BCUT2D eigenvalue weighted by atomic mass is 19.1. The van der Waals surface area contributed by atoms with Crippen LogP contribution in [0.2, 0.25) is 0 Å². The molecule has 6 heteroatoms. The average Bonchev–Trinajstić information content (AvgIpc) is 2.68. The van der Waals surface area contributed by atoms with E-state index in [4.69, 9.17) is 0 Å². The van der Waals surface area contributed by atoms with Crippen LogP contribution in [0.1, 0.15) is 24.5 Å². The summed E-state index contributed by atoms with van der Waals surface area (Å²) in [6, 6.07) is 12.4. The summed E-state index contributed by atoms with van der Waals surface area (Å²) in [6.07, 6.45) is 0.295. The summed E-state index contributed by atoms with van der Waals surface area (Å²) in [5.74, 6) is -0.260. The van der Waals surface area contributed by atoms with Crippen molar-refractivity contribution in [1.82, 2.24) is 4.90 Å². The first-order chi connectivity index (χ1) is 13.8. The zero-order chi connectivity index (χ0) is 21.0. The van der Waals surface area contributed by atoms with Gasteiger partial charge in [0.25, 0.3) is 0 Å². The lowest BCUT2D eigenvalue weighted by Crippen LogP contribution is -2.49. The fourth-order valence-electron chi connectivity index (χ4n) is 3.81. The van der Waals surface area contributed by atoms with Gasteiger partial charge in [-0.1, -0.05) is 6.07 Å². The van der Waals surface area contributed by atoms with Gasteiger partial charge in [-0.15, -0.1) is 0 Å². The van der Waals surface area contributed by atoms with Crippen LogP contribution in [0.25, 0.3) is 0 Å². The van der Waals surface area contributed by atoms with E-state index in [0.29, 0.717) is 39.1 Å². The van der Waals surface area contributed by atoms with Crippen molar-refractivity contribution in [2.24, 2.45) is 0 Å². The number of rotatable bonds is 5. The predicted octanol–water partition coefficient (Wildman–Crippen LogP) is 3.53. The molecule has 29 heavy (non-hydrogen) atoms. The SMILES string of the molecule is CC(=O)N(CCC(=O)N1CCN(c2ccc(F)cc2)CC1)c1cc(C)cc(C)c1. The number of amides is 2. The van der Waals surface area contributed by atoms with Crippen LogP contribution in [0, 0.1) is 19.7 Å². The monoisotopic (exact) mass is 397 g/mol. The molecule has 0 spiro atoms. The first-order valence-corrected chi connectivity index (χ1v) is 9.98. The Bertz CT molecular complexity index is 854. The first kappa shape index (κ1) is 20.8. The van der Waals surface area contributed by atoms with Crippen LogP contribution in [0.4, 0.5) is 15.8 Å². The van der Waals surface area contributed by atoms with Gasteiger partial charge >= 0.3 is 0 Å². The summed E-state index contributed by atoms with van der Waals surface area (Å²) in [7, 11) is 0. The van der Waals surface area contributed by atoms with E-state index in [1.807, 2.05) is 30.9 Å². The molecule has 0 unspecified atom stereocenters. The van der Waals surface area contributed by atoms with Gasteiger partial charge in [-0.3, -0.25) is 9.59 Å². The van der Waals surface area contributed by atoms with Gasteiger partial charge in [-0.2, -0.15) is 0 Å². The maximum Gasteiger partial charge on any atom is 0.224 e. The largest absolute Gasteiger partial charge is 0.368 e. The van der Waals surface area contributed by atoms with Crippen molar-refractivity contribution in [3.63, 3.8) is 0 Å². The Morgan fingerprint density at radius 3 is 2.10 bits per heavy atom. The maximum atomic E-state index is 13.1. The molecule has 1 saturated heterocycles. The minimum atomic E-state index is -0.249. The molecule has 1 aliphatic rings. The summed E-state index contributed by atoms with van der Waals surface area (Å²) in [6.45, 7) is 8.58. The fraction of sp³-hybridized carbons (Fsp3) is 0.391. The number of carbonyl (C=O) groups is 2. The molecular weight excluding hydrogens is 369 g/mol. The summed E-state index contributed by atoms with van der Waals surface area (Å²) >= 11 is 0. The van der Waals surface area contributed by atoms with Gasteiger partial charge in [-0.25, -0.2) is 4.39 Å². The number of hydrogen-bond acceptors (Lipinski definition) is 3. The van der Waals surface area contributed by atoms with Gasteiger partial charge in [0.15, 0.2) is 0 Å². The van der Waals surface area contributed by atoms with E-state index in [9.17, 15) is 14.0 Å². The van der Waals surface area contributed by atoms with Crippen LogP contribution in [-0.4, -0.2) is 49.4 Å². The minimum absolute atomic E-state index is 0.0550. The normalized spacial score (nSPS) is 14.1. The Balaban J connectivity index is 1.56. The number of benzene rings is 2. The van der Waals surface area contributed by atoms with Crippen molar-refractivity contribution in [3.05, 3.63) is 59.4 Å². The summed E-state index contributed by atoms with van der Waals surface area (Å²) < 4.78 is 13.1. The lowest BCUT2D eigenvalue weighted by atomic mass is 10.1. The molecule has 2 aromatic rings.